The topological polar surface area (TPSA) is 96.9 Å². The van der Waals surface area contributed by atoms with E-state index in [-0.39, 0.29) is 30.7 Å². The van der Waals surface area contributed by atoms with Crippen LogP contribution in [0.1, 0.15) is 23.0 Å². The molecule has 1 aliphatic rings. The minimum Gasteiger partial charge on any atom is -0.395 e. The van der Waals surface area contributed by atoms with Gasteiger partial charge < -0.3 is 14.2 Å². The Morgan fingerprint density at radius 2 is 1.96 bits per heavy atom. The molecule has 1 aliphatic heterocycles. The molecule has 1 aromatic heterocycles. The summed E-state index contributed by atoms with van der Waals surface area (Å²) in [5, 5.41) is 10.6. The average molecular weight is 357 g/mol. The molecule has 1 saturated heterocycles. The van der Waals surface area contributed by atoms with Crippen molar-refractivity contribution in [1.29, 1.82) is 0 Å². The van der Waals surface area contributed by atoms with Crippen LogP contribution in [0.3, 0.4) is 0 Å². The van der Waals surface area contributed by atoms with E-state index in [1.807, 2.05) is 38.1 Å². The highest BCUT2D eigenvalue weighted by atomic mass is 16.6. The Morgan fingerprint density at radius 1 is 1.27 bits per heavy atom. The van der Waals surface area contributed by atoms with Crippen molar-refractivity contribution in [3.05, 3.63) is 57.8 Å². The molecule has 0 saturated carbocycles. The first-order chi connectivity index (χ1) is 12.4. The van der Waals surface area contributed by atoms with E-state index in [9.17, 15) is 19.7 Å². The van der Waals surface area contributed by atoms with Crippen LogP contribution in [0.15, 0.2) is 40.8 Å². The number of nitrogens with zero attached hydrogens (tertiary/aromatic N) is 3. The second kappa shape index (κ2) is 6.99. The SMILES string of the molecule is CCN(C(=O)C1CN(C(=O)c2ccc([N+](=O)[O-])o2)C1)c1ccccc1C. The van der Waals surface area contributed by atoms with Crippen molar-refractivity contribution in [2.24, 2.45) is 5.92 Å². The van der Waals surface area contributed by atoms with Crippen LogP contribution in [0.2, 0.25) is 0 Å². The van der Waals surface area contributed by atoms with Crippen molar-refractivity contribution in [3.8, 4) is 0 Å². The second-order valence-corrected chi connectivity index (χ2v) is 6.17. The number of benzene rings is 1. The summed E-state index contributed by atoms with van der Waals surface area (Å²) < 4.78 is 4.93. The fraction of sp³-hybridized carbons (Fsp3) is 0.333. The van der Waals surface area contributed by atoms with Gasteiger partial charge in [0.15, 0.2) is 5.76 Å². The highest BCUT2D eigenvalue weighted by Crippen LogP contribution is 2.27. The van der Waals surface area contributed by atoms with Gasteiger partial charge in [-0.2, -0.15) is 0 Å². The molecule has 136 valence electrons. The maximum Gasteiger partial charge on any atom is 0.433 e. The van der Waals surface area contributed by atoms with Crippen LogP contribution >= 0.6 is 0 Å². The van der Waals surface area contributed by atoms with Crippen LogP contribution in [0.4, 0.5) is 11.6 Å². The summed E-state index contributed by atoms with van der Waals surface area (Å²) >= 11 is 0. The van der Waals surface area contributed by atoms with E-state index in [1.54, 1.807) is 4.90 Å². The number of carbonyl (C=O) groups excluding carboxylic acids is 2. The van der Waals surface area contributed by atoms with E-state index >= 15 is 0 Å². The van der Waals surface area contributed by atoms with Gasteiger partial charge in [0.2, 0.25) is 5.91 Å². The second-order valence-electron chi connectivity index (χ2n) is 6.17. The lowest BCUT2D eigenvalue weighted by Crippen LogP contribution is -2.56. The molecule has 3 rings (SSSR count). The Hall–Kier alpha value is -3.16. The molecule has 8 heteroatoms. The van der Waals surface area contributed by atoms with E-state index in [0.717, 1.165) is 17.3 Å². The summed E-state index contributed by atoms with van der Waals surface area (Å²) in [6, 6.07) is 10.1. The van der Waals surface area contributed by atoms with Gasteiger partial charge in [-0.3, -0.25) is 19.7 Å². The fourth-order valence-corrected chi connectivity index (χ4v) is 3.03. The van der Waals surface area contributed by atoms with Crippen LogP contribution < -0.4 is 4.90 Å². The summed E-state index contributed by atoms with van der Waals surface area (Å²) in [5.41, 5.74) is 1.88. The molecule has 26 heavy (non-hydrogen) atoms. The Morgan fingerprint density at radius 3 is 2.54 bits per heavy atom. The molecule has 2 aromatic rings. The van der Waals surface area contributed by atoms with Gasteiger partial charge in [0, 0.05) is 25.3 Å². The first kappa shape index (κ1) is 17.7. The Bertz CT molecular complexity index is 854. The maximum absolute atomic E-state index is 12.8. The molecular formula is C18H19N3O5. The summed E-state index contributed by atoms with van der Waals surface area (Å²) in [6.07, 6.45) is 0. The molecule has 0 unspecified atom stereocenters. The quantitative estimate of drug-likeness (QED) is 0.605. The minimum atomic E-state index is -0.694. The number of hydrogen-bond donors (Lipinski definition) is 0. The first-order valence-electron chi connectivity index (χ1n) is 8.33. The summed E-state index contributed by atoms with van der Waals surface area (Å²) in [7, 11) is 0. The normalized spacial score (nSPS) is 14.0. The van der Waals surface area contributed by atoms with E-state index < -0.39 is 16.7 Å². The molecule has 0 atom stereocenters. The fourth-order valence-electron chi connectivity index (χ4n) is 3.03. The molecule has 8 nitrogen and oxygen atoms in total. The van der Waals surface area contributed by atoms with Crippen molar-refractivity contribution in [2.75, 3.05) is 24.5 Å². The highest BCUT2D eigenvalue weighted by Gasteiger charge is 2.39. The van der Waals surface area contributed by atoms with Crippen molar-refractivity contribution < 1.29 is 18.9 Å². The third-order valence-electron chi connectivity index (χ3n) is 4.49. The van der Waals surface area contributed by atoms with Crippen molar-refractivity contribution in [1.82, 2.24) is 4.90 Å². The molecule has 0 radical (unpaired) electrons. The predicted molar refractivity (Wildman–Crippen MR) is 94.0 cm³/mol. The number of nitro groups is 1. The van der Waals surface area contributed by atoms with Gasteiger partial charge in [0.25, 0.3) is 5.91 Å². The monoisotopic (exact) mass is 357 g/mol. The smallest absolute Gasteiger partial charge is 0.395 e. The van der Waals surface area contributed by atoms with Gasteiger partial charge >= 0.3 is 5.88 Å². The van der Waals surface area contributed by atoms with Crippen molar-refractivity contribution in [3.63, 3.8) is 0 Å². The zero-order valence-electron chi connectivity index (χ0n) is 14.5. The van der Waals surface area contributed by atoms with Crippen molar-refractivity contribution in [2.45, 2.75) is 13.8 Å². The minimum absolute atomic E-state index is 0.0312. The number of hydrogen-bond acceptors (Lipinski definition) is 5. The van der Waals surface area contributed by atoms with E-state index in [2.05, 4.69) is 0 Å². The van der Waals surface area contributed by atoms with Gasteiger partial charge in [-0.15, -0.1) is 0 Å². The maximum atomic E-state index is 12.8. The van der Waals surface area contributed by atoms with E-state index in [1.165, 1.54) is 11.0 Å². The molecule has 0 aliphatic carbocycles. The van der Waals surface area contributed by atoms with Crippen LogP contribution in [0.5, 0.6) is 0 Å². The molecule has 0 bridgehead atoms. The number of furan rings is 1. The number of rotatable bonds is 5. The Labute approximate surface area is 150 Å². The average Bonchev–Trinajstić information content (AvgIpc) is 3.06. The highest BCUT2D eigenvalue weighted by molar-refractivity contribution is 5.99. The van der Waals surface area contributed by atoms with Crippen LogP contribution in [-0.4, -0.2) is 41.3 Å². The molecule has 1 fully saturated rings. The lowest BCUT2D eigenvalue weighted by molar-refractivity contribution is -0.402. The summed E-state index contributed by atoms with van der Waals surface area (Å²) in [6.45, 7) is 4.95. The number of aryl methyl sites for hydroxylation is 1. The summed E-state index contributed by atoms with van der Waals surface area (Å²) in [4.78, 5) is 38.2. The summed E-state index contributed by atoms with van der Waals surface area (Å²) in [5.74, 6) is -1.33. The van der Waals surface area contributed by atoms with E-state index in [4.69, 9.17) is 4.42 Å². The zero-order chi connectivity index (χ0) is 18.8. The van der Waals surface area contributed by atoms with Gasteiger partial charge in [0.1, 0.15) is 4.92 Å². The Kier molecular flexibility index (Phi) is 4.75. The predicted octanol–water partition coefficient (Wildman–Crippen LogP) is 2.62. The number of carbonyl (C=O) groups is 2. The zero-order valence-corrected chi connectivity index (χ0v) is 14.5. The molecule has 0 N–H and O–H groups in total. The lowest BCUT2D eigenvalue weighted by atomic mass is 9.97. The third kappa shape index (κ3) is 3.17. The molecule has 2 amide bonds. The molecule has 2 heterocycles. The lowest BCUT2D eigenvalue weighted by Gasteiger charge is -2.40. The largest absolute Gasteiger partial charge is 0.433 e. The number of likely N-dealkylation sites (tertiary alicyclic amines) is 1. The molecular weight excluding hydrogens is 338 g/mol. The van der Waals surface area contributed by atoms with Gasteiger partial charge in [-0.05, 0) is 31.5 Å². The van der Waals surface area contributed by atoms with Crippen LogP contribution in [-0.2, 0) is 4.79 Å². The van der Waals surface area contributed by atoms with Crippen molar-refractivity contribution >= 4 is 23.4 Å². The van der Waals surface area contributed by atoms with Gasteiger partial charge in [0.05, 0.1) is 12.0 Å². The van der Waals surface area contributed by atoms with Crippen LogP contribution in [0, 0.1) is 23.0 Å². The number of para-hydroxylation sites is 1. The van der Waals surface area contributed by atoms with Gasteiger partial charge in [-0.25, -0.2) is 0 Å². The number of amides is 2. The molecule has 0 spiro atoms. The third-order valence-corrected chi connectivity index (χ3v) is 4.49. The Balaban J connectivity index is 1.64. The number of anilines is 1. The first-order valence-corrected chi connectivity index (χ1v) is 8.33. The van der Waals surface area contributed by atoms with Gasteiger partial charge in [-0.1, -0.05) is 18.2 Å². The van der Waals surface area contributed by atoms with E-state index in [0.29, 0.717) is 6.54 Å². The van der Waals surface area contributed by atoms with Crippen LogP contribution in [0.25, 0.3) is 0 Å². The molecule has 1 aromatic carbocycles. The standard InChI is InChI=1S/C18H19N3O5/c1-3-20(14-7-5-4-6-12(14)2)17(22)13-10-19(11-13)18(23)15-8-9-16(26-15)21(24)25/h4-9,13H,3,10-11H2,1-2H3.